The Balaban J connectivity index is -0.00000171. The molecule has 10 nitrogen and oxygen atoms in total. The summed E-state index contributed by atoms with van der Waals surface area (Å²) >= 11 is 0. The maximum atomic E-state index is 13.9. The van der Waals surface area contributed by atoms with Gasteiger partial charge in [0, 0.05) is 25.3 Å². The number of alkyl halides is 7. The van der Waals surface area contributed by atoms with Crippen molar-refractivity contribution in [1.29, 1.82) is 0 Å². The molecule has 57 heavy (non-hydrogen) atoms. The average Bonchev–Trinajstić information content (AvgIpc) is 3.87. The number of imidazole rings is 1. The van der Waals surface area contributed by atoms with Gasteiger partial charge in [-0.15, -0.1) is 0 Å². The van der Waals surface area contributed by atoms with Crippen molar-refractivity contribution in [2.24, 2.45) is 11.8 Å². The Bertz CT molecular complexity index is 1470. The van der Waals surface area contributed by atoms with Gasteiger partial charge in [-0.1, -0.05) is 96.4 Å². The van der Waals surface area contributed by atoms with Crippen LogP contribution in [0.3, 0.4) is 0 Å². The largest absolute Gasteiger partial charge is 0.405 e. The van der Waals surface area contributed by atoms with Crippen LogP contribution >= 0.6 is 0 Å². The van der Waals surface area contributed by atoms with Crippen LogP contribution in [0.1, 0.15) is 182 Å². The van der Waals surface area contributed by atoms with E-state index in [2.05, 4.69) is 46.3 Å². The third-order valence-electron chi connectivity index (χ3n) is 7.88. The highest BCUT2D eigenvalue weighted by Crippen LogP contribution is 2.41. The molecule has 3 aromatic heterocycles. The maximum Gasteiger partial charge on any atom is 0.405 e. The summed E-state index contributed by atoms with van der Waals surface area (Å²) in [5.41, 5.74) is 0.185. The Hall–Kier alpha value is -3.79. The first-order valence-corrected chi connectivity index (χ1v) is 20.5. The molecule has 0 bridgehead atoms. The first-order valence-electron chi connectivity index (χ1n) is 20.5. The lowest BCUT2D eigenvalue weighted by Crippen LogP contribution is -2.38. The lowest BCUT2D eigenvalue weighted by molar-refractivity contribution is -0.139. The first-order chi connectivity index (χ1) is 26.9. The molecule has 2 amide bonds. The molecule has 3 aromatic rings. The van der Waals surface area contributed by atoms with Crippen LogP contribution in [0.25, 0.3) is 5.65 Å². The van der Waals surface area contributed by atoms with Crippen LogP contribution in [0.4, 0.5) is 30.7 Å². The summed E-state index contributed by atoms with van der Waals surface area (Å²) in [5.74, 6) is -5.93. The number of rotatable bonds is 11. The van der Waals surface area contributed by atoms with E-state index >= 15 is 0 Å². The second-order valence-electron chi connectivity index (χ2n) is 12.3. The summed E-state index contributed by atoms with van der Waals surface area (Å²) in [5, 5.41) is 12.6. The molecule has 2 unspecified atom stereocenters. The van der Waals surface area contributed by atoms with E-state index in [1.54, 1.807) is 19.2 Å². The van der Waals surface area contributed by atoms with Gasteiger partial charge in [-0.2, -0.15) is 23.4 Å². The molecule has 0 aliphatic heterocycles. The molecule has 0 saturated heterocycles. The van der Waals surface area contributed by atoms with Gasteiger partial charge in [0.05, 0.1) is 30.0 Å². The third kappa shape index (κ3) is 21.0. The SMILES string of the molecule is CC.CC.CC.CC.CC.CC(C)n1ncnc1C(=O)NC(c1cn2ncc(C(CC(F)F)C(=O)NCC(F)(F)F)cc2n1)C1CCC(F)(F)CC1.CCC(C)C. The summed E-state index contributed by atoms with van der Waals surface area (Å²) in [6.45, 7) is 28.5. The summed E-state index contributed by atoms with van der Waals surface area (Å²) < 4.78 is 94.8. The fourth-order valence-corrected chi connectivity index (χ4v) is 4.96. The molecule has 1 fully saturated rings. The lowest BCUT2D eigenvalue weighted by atomic mass is 9.81. The summed E-state index contributed by atoms with van der Waals surface area (Å²) in [4.78, 5) is 34.1. The summed E-state index contributed by atoms with van der Waals surface area (Å²) in [7, 11) is 0. The molecule has 2 atom stereocenters. The van der Waals surface area contributed by atoms with Crippen LogP contribution in [0.5, 0.6) is 0 Å². The standard InChI is InChI=1S/C25H29F7N8O2.C5H12.5C2H6/c1-13(2)40-21(34-12-36-40)23(42)38-20(14-3-5-24(28,29)6-4-14)17-10-39-19(37-17)7-15(9-35-39)16(8-18(26)27)22(41)33-11-25(30,31)32;1-4-5(2)3;5*1-2/h7,9-10,12-14,16,18,20H,3-6,8,11H2,1-2H3,(H,33,41)(H,38,42);5H,4H2,1-3H3;5*1-2H3. The number of nitrogens with zero attached hydrogens (tertiary/aromatic N) is 6. The fourth-order valence-electron chi connectivity index (χ4n) is 4.96. The van der Waals surface area contributed by atoms with Crippen molar-refractivity contribution < 1.29 is 40.3 Å². The van der Waals surface area contributed by atoms with Crippen molar-refractivity contribution in [2.75, 3.05) is 6.54 Å². The number of carbonyl (C=O) groups excluding carboxylic acids is 2. The Labute approximate surface area is 336 Å². The van der Waals surface area contributed by atoms with E-state index in [9.17, 15) is 40.3 Å². The number of fused-ring (bicyclic) bond motifs is 1. The van der Waals surface area contributed by atoms with Gasteiger partial charge in [0.25, 0.3) is 5.91 Å². The highest BCUT2D eigenvalue weighted by Gasteiger charge is 2.40. The predicted octanol–water partition coefficient (Wildman–Crippen LogP) is 11.8. The van der Waals surface area contributed by atoms with E-state index < -0.39 is 74.0 Å². The van der Waals surface area contributed by atoms with Gasteiger partial charge in [0.15, 0.2) is 5.65 Å². The molecule has 0 spiro atoms. The molecule has 17 heteroatoms. The number of halogens is 7. The van der Waals surface area contributed by atoms with Crippen LogP contribution in [-0.4, -0.2) is 66.2 Å². The fraction of sp³-hybridized carbons (Fsp3) is 0.750. The lowest BCUT2D eigenvalue weighted by Gasteiger charge is -2.33. The number of carbonyl (C=O) groups is 2. The summed E-state index contributed by atoms with van der Waals surface area (Å²) in [6.07, 6.45) is -4.45. The third-order valence-corrected chi connectivity index (χ3v) is 7.88. The van der Waals surface area contributed by atoms with Crippen LogP contribution < -0.4 is 10.6 Å². The quantitative estimate of drug-likeness (QED) is 0.186. The molecule has 0 aromatic carbocycles. The molecule has 0 radical (unpaired) electrons. The Morgan fingerprint density at radius 2 is 1.44 bits per heavy atom. The normalized spacial score (nSPS) is 14.3. The van der Waals surface area contributed by atoms with Crippen molar-refractivity contribution in [3.05, 3.63) is 41.9 Å². The van der Waals surface area contributed by atoms with Crippen molar-refractivity contribution >= 4 is 17.5 Å². The van der Waals surface area contributed by atoms with Crippen molar-refractivity contribution in [1.82, 2.24) is 40.0 Å². The van der Waals surface area contributed by atoms with Gasteiger partial charge in [-0.05, 0) is 50.2 Å². The van der Waals surface area contributed by atoms with E-state index in [0.717, 1.165) is 12.1 Å². The zero-order valence-corrected chi connectivity index (χ0v) is 36.9. The number of aromatic nitrogens is 6. The molecule has 3 heterocycles. The number of nitrogens with one attached hydrogen (secondary N) is 2. The topological polar surface area (TPSA) is 119 Å². The van der Waals surface area contributed by atoms with E-state index in [0.29, 0.717) is 0 Å². The van der Waals surface area contributed by atoms with Gasteiger partial charge < -0.3 is 10.6 Å². The molecular formula is C40H71F7N8O2. The first kappa shape index (κ1) is 57.5. The summed E-state index contributed by atoms with van der Waals surface area (Å²) in [6, 6.07) is 0.162. The van der Waals surface area contributed by atoms with E-state index in [1.807, 2.05) is 69.2 Å². The zero-order chi connectivity index (χ0) is 45.1. The highest BCUT2D eigenvalue weighted by molar-refractivity contribution is 5.91. The molecule has 1 saturated carbocycles. The van der Waals surface area contributed by atoms with Gasteiger partial charge in [-0.3, -0.25) is 9.59 Å². The van der Waals surface area contributed by atoms with Crippen molar-refractivity contribution in [3.63, 3.8) is 0 Å². The Morgan fingerprint density at radius 1 is 0.912 bits per heavy atom. The van der Waals surface area contributed by atoms with Crippen LogP contribution in [0.15, 0.2) is 24.8 Å². The zero-order valence-electron chi connectivity index (χ0n) is 36.9. The van der Waals surface area contributed by atoms with Gasteiger partial charge in [0.1, 0.15) is 12.9 Å². The minimum atomic E-state index is -4.74. The average molecular weight is 829 g/mol. The van der Waals surface area contributed by atoms with Crippen molar-refractivity contribution in [3.8, 4) is 0 Å². The minimum absolute atomic E-state index is 0.0000229. The van der Waals surface area contributed by atoms with Crippen LogP contribution in [-0.2, 0) is 4.79 Å². The Morgan fingerprint density at radius 3 is 1.89 bits per heavy atom. The molecule has 1 aliphatic carbocycles. The molecule has 2 N–H and O–H groups in total. The second-order valence-corrected chi connectivity index (χ2v) is 12.3. The minimum Gasteiger partial charge on any atom is -0.346 e. The maximum absolute atomic E-state index is 13.9. The van der Waals surface area contributed by atoms with E-state index in [1.165, 1.54) is 34.2 Å². The monoisotopic (exact) mass is 829 g/mol. The van der Waals surface area contributed by atoms with Crippen molar-refractivity contribution in [2.45, 2.75) is 179 Å². The van der Waals surface area contributed by atoms with E-state index in [4.69, 9.17) is 0 Å². The number of hydrogen-bond acceptors (Lipinski definition) is 6. The highest BCUT2D eigenvalue weighted by atomic mass is 19.4. The molecule has 4 rings (SSSR count). The van der Waals surface area contributed by atoms with Gasteiger partial charge in [-0.25, -0.2) is 36.7 Å². The van der Waals surface area contributed by atoms with E-state index in [-0.39, 0.29) is 41.6 Å². The number of hydrogen-bond donors (Lipinski definition) is 2. The second kappa shape index (κ2) is 30.3. The van der Waals surface area contributed by atoms with Crippen LogP contribution in [0, 0.1) is 11.8 Å². The van der Waals surface area contributed by atoms with Crippen LogP contribution in [0.2, 0.25) is 0 Å². The molecule has 1 aliphatic rings. The Kier molecular flexibility index (Phi) is 30.6. The predicted molar refractivity (Wildman–Crippen MR) is 215 cm³/mol. The molecular weight excluding hydrogens is 757 g/mol. The van der Waals surface area contributed by atoms with Gasteiger partial charge >= 0.3 is 6.18 Å². The molecule has 332 valence electrons. The van der Waals surface area contributed by atoms with Gasteiger partial charge in [0.2, 0.25) is 24.1 Å². The number of amides is 2. The smallest absolute Gasteiger partial charge is 0.346 e.